The Labute approximate surface area is 215 Å². The number of phenolic OH excluding ortho intramolecular Hbond substituents is 1. The van der Waals surface area contributed by atoms with E-state index in [4.69, 9.17) is 9.47 Å². The van der Waals surface area contributed by atoms with Crippen LogP contribution < -0.4 is 9.47 Å². The van der Waals surface area contributed by atoms with E-state index in [0.29, 0.717) is 47.5 Å². The number of nitrogens with one attached hydrogen (secondary N) is 1. The molecule has 1 amide bonds. The van der Waals surface area contributed by atoms with Gasteiger partial charge in [-0.15, -0.1) is 0 Å². The number of amides is 1. The molecule has 4 aromatic rings. The van der Waals surface area contributed by atoms with Crippen LogP contribution in [0.1, 0.15) is 53.5 Å². The maximum Gasteiger partial charge on any atom is 0.273 e. The second-order valence-electron chi connectivity index (χ2n) is 9.51. The Morgan fingerprint density at radius 1 is 1.08 bits per heavy atom. The van der Waals surface area contributed by atoms with Crippen molar-refractivity contribution < 1.29 is 19.4 Å². The van der Waals surface area contributed by atoms with Crippen LogP contribution in [0.25, 0.3) is 11.3 Å². The Balaban J connectivity index is 1.59. The summed E-state index contributed by atoms with van der Waals surface area (Å²) in [5, 5.41) is 18.0. The molecule has 190 valence electrons. The normalized spacial score (nSPS) is 14.8. The van der Waals surface area contributed by atoms with Gasteiger partial charge >= 0.3 is 0 Å². The molecule has 0 saturated carbocycles. The second-order valence-corrected chi connectivity index (χ2v) is 9.51. The summed E-state index contributed by atoms with van der Waals surface area (Å²) in [6, 6.07) is 16.1. The Bertz CT molecular complexity index is 1400. The smallest absolute Gasteiger partial charge is 0.273 e. The largest absolute Gasteiger partial charge is 0.507 e. The van der Waals surface area contributed by atoms with Gasteiger partial charge in [0.25, 0.3) is 5.91 Å². The third-order valence-electron chi connectivity index (χ3n) is 6.58. The van der Waals surface area contributed by atoms with Crippen LogP contribution in [0, 0.1) is 5.92 Å². The number of phenols is 1. The number of carbonyl (C=O) groups is 1. The van der Waals surface area contributed by atoms with Crippen LogP contribution in [0.3, 0.4) is 0 Å². The first-order valence-corrected chi connectivity index (χ1v) is 12.3. The molecule has 2 N–H and O–H groups in total. The van der Waals surface area contributed by atoms with E-state index in [1.165, 1.54) is 0 Å². The van der Waals surface area contributed by atoms with Crippen molar-refractivity contribution >= 4 is 5.91 Å². The van der Waals surface area contributed by atoms with Gasteiger partial charge in [0, 0.05) is 30.1 Å². The third-order valence-corrected chi connectivity index (χ3v) is 6.58. The van der Waals surface area contributed by atoms with E-state index in [-0.39, 0.29) is 11.7 Å². The number of nitrogens with zero attached hydrogens (tertiary/aromatic N) is 3. The number of ether oxygens (including phenoxy) is 2. The molecule has 1 aliphatic heterocycles. The maximum absolute atomic E-state index is 13.7. The van der Waals surface area contributed by atoms with Crippen LogP contribution >= 0.6 is 0 Å². The first-order valence-electron chi connectivity index (χ1n) is 12.3. The summed E-state index contributed by atoms with van der Waals surface area (Å²) in [5.41, 5.74) is 4.04. The Morgan fingerprint density at radius 3 is 2.59 bits per heavy atom. The number of hydrogen-bond donors (Lipinski definition) is 2. The molecular formula is C29H30N4O4. The molecular weight excluding hydrogens is 468 g/mol. The molecule has 1 atom stereocenters. The average Bonchev–Trinajstić information content (AvgIpc) is 3.44. The number of aromatic nitrogens is 3. The van der Waals surface area contributed by atoms with Crippen molar-refractivity contribution in [2.45, 2.75) is 32.9 Å². The quantitative estimate of drug-likeness (QED) is 0.322. The van der Waals surface area contributed by atoms with Crippen molar-refractivity contribution in [3.8, 4) is 28.5 Å². The van der Waals surface area contributed by atoms with Crippen LogP contribution in [0.4, 0.5) is 0 Å². The van der Waals surface area contributed by atoms with E-state index in [9.17, 15) is 9.90 Å². The number of benzene rings is 2. The lowest BCUT2D eigenvalue weighted by molar-refractivity contribution is 0.0730. The van der Waals surface area contributed by atoms with Gasteiger partial charge in [-0.1, -0.05) is 32.0 Å². The number of hydrogen-bond acceptors (Lipinski definition) is 6. The van der Waals surface area contributed by atoms with Crippen molar-refractivity contribution in [2.24, 2.45) is 5.92 Å². The SMILES string of the molecule is COc1cc(C2c3c(-c4ccccc4O)n[nH]c3C(=O)N2Cc2ccncc2)ccc1OCCC(C)C. The Hall–Kier alpha value is -4.33. The molecule has 0 spiro atoms. The molecule has 2 aromatic carbocycles. The number of aromatic amines is 1. The number of fused-ring (bicyclic) bond motifs is 1. The van der Waals surface area contributed by atoms with E-state index < -0.39 is 6.04 Å². The summed E-state index contributed by atoms with van der Waals surface area (Å²) >= 11 is 0. The van der Waals surface area contributed by atoms with Gasteiger partial charge < -0.3 is 19.5 Å². The van der Waals surface area contributed by atoms with Crippen LogP contribution in [0.15, 0.2) is 67.0 Å². The first kappa shape index (κ1) is 24.4. The van der Waals surface area contributed by atoms with Crippen molar-refractivity contribution in [2.75, 3.05) is 13.7 Å². The molecule has 1 aliphatic rings. The number of para-hydroxylation sites is 1. The fourth-order valence-electron chi connectivity index (χ4n) is 4.65. The predicted molar refractivity (Wildman–Crippen MR) is 140 cm³/mol. The molecule has 0 radical (unpaired) electrons. The highest BCUT2D eigenvalue weighted by Gasteiger charge is 2.42. The zero-order chi connectivity index (χ0) is 25.9. The lowest BCUT2D eigenvalue weighted by Crippen LogP contribution is -2.29. The molecule has 8 nitrogen and oxygen atoms in total. The molecule has 0 bridgehead atoms. The summed E-state index contributed by atoms with van der Waals surface area (Å²) in [4.78, 5) is 19.6. The fourth-order valence-corrected chi connectivity index (χ4v) is 4.65. The average molecular weight is 499 g/mol. The number of carbonyl (C=O) groups excluding carboxylic acids is 1. The molecule has 37 heavy (non-hydrogen) atoms. The standard InChI is InChI=1S/C29H30N4O4/c1-18(2)12-15-37-23-9-8-20(16-24(23)36-3)28-25-26(21-6-4-5-7-22(21)34)31-32-27(25)29(35)33(28)17-19-10-13-30-14-11-19/h4-11,13-14,16,18,28,34H,12,15,17H2,1-3H3,(H,31,32). The summed E-state index contributed by atoms with van der Waals surface area (Å²) in [5.74, 6) is 1.72. The monoisotopic (exact) mass is 498 g/mol. The number of rotatable bonds is 9. The van der Waals surface area contributed by atoms with Crippen molar-refractivity contribution in [3.05, 3.63) is 89.4 Å². The molecule has 0 fully saturated rings. The van der Waals surface area contributed by atoms with Crippen molar-refractivity contribution in [1.82, 2.24) is 20.1 Å². The summed E-state index contributed by atoms with van der Waals surface area (Å²) < 4.78 is 11.7. The van der Waals surface area contributed by atoms with E-state index in [2.05, 4.69) is 29.0 Å². The van der Waals surface area contributed by atoms with Gasteiger partial charge in [-0.3, -0.25) is 14.9 Å². The minimum absolute atomic E-state index is 0.0991. The fraction of sp³-hybridized carbons (Fsp3) is 0.276. The van der Waals surface area contributed by atoms with E-state index >= 15 is 0 Å². The van der Waals surface area contributed by atoms with Crippen LogP contribution in [-0.4, -0.2) is 44.8 Å². The van der Waals surface area contributed by atoms with Gasteiger partial charge in [0.15, 0.2) is 11.5 Å². The summed E-state index contributed by atoms with van der Waals surface area (Å²) in [7, 11) is 1.61. The zero-order valence-corrected chi connectivity index (χ0v) is 21.1. The summed E-state index contributed by atoms with van der Waals surface area (Å²) in [6.07, 6.45) is 4.36. The second kappa shape index (κ2) is 10.3. The molecule has 0 saturated heterocycles. The van der Waals surface area contributed by atoms with E-state index in [1.807, 2.05) is 36.4 Å². The van der Waals surface area contributed by atoms with Crippen LogP contribution in [0.5, 0.6) is 17.2 Å². The van der Waals surface area contributed by atoms with Crippen LogP contribution in [-0.2, 0) is 6.54 Å². The highest BCUT2D eigenvalue weighted by molar-refractivity contribution is 6.00. The van der Waals surface area contributed by atoms with Gasteiger partial charge in [0.05, 0.1) is 19.8 Å². The van der Waals surface area contributed by atoms with Gasteiger partial charge in [-0.05, 0) is 59.9 Å². The molecule has 8 heteroatoms. The van der Waals surface area contributed by atoms with Crippen LogP contribution in [0.2, 0.25) is 0 Å². The van der Waals surface area contributed by atoms with Crippen molar-refractivity contribution in [3.63, 3.8) is 0 Å². The lowest BCUT2D eigenvalue weighted by Gasteiger charge is -2.27. The van der Waals surface area contributed by atoms with Gasteiger partial charge in [0.1, 0.15) is 17.1 Å². The minimum Gasteiger partial charge on any atom is -0.507 e. The lowest BCUT2D eigenvalue weighted by atomic mass is 9.95. The highest BCUT2D eigenvalue weighted by atomic mass is 16.5. The van der Waals surface area contributed by atoms with E-state index in [0.717, 1.165) is 23.1 Å². The summed E-state index contributed by atoms with van der Waals surface area (Å²) in [6.45, 7) is 5.28. The van der Waals surface area contributed by atoms with Gasteiger partial charge in [-0.2, -0.15) is 5.10 Å². The van der Waals surface area contributed by atoms with Crippen molar-refractivity contribution in [1.29, 1.82) is 0 Å². The number of aromatic hydroxyl groups is 1. The molecule has 0 aliphatic carbocycles. The Morgan fingerprint density at radius 2 is 1.86 bits per heavy atom. The topological polar surface area (TPSA) is 101 Å². The number of pyridine rings is 1. The number of H-pyrrole nitrogens is 1. The minimum atomic E-state index is -0.456. The van der Waals surface area contributed by atoms with Gasteiger partial charge in [-0.25, -0.2) is 0 Å². The Kier molecular flexibility index (Phi) is 6.81. The highest BCUT2D eigenvalue weighted by Crippen LogP contribution is 2.46. The first-order chi connectivity index (χ1) is 18.0. The number of methoxy groups -OCH3 is 1. The molecule has 1 unspecified atom stereocenters. The third kappa shape index (κ3) is 4.74. The van der Waals surface area contributed by atoms with E-state index in [1.54, 1.807) is 42.6 Å². The predicted octanol–water partition coefficient (Wildman–Crippen LogP) is 5.36. The molecule has 2 aromatic heterocycles. The van der Waals surface area contributed by atoms with Gasteiger partial charge in [0.2, 0.25) is 0 Å². The molecule has 3 heterocycles. The maximum atomic E-state index is 13.7. The zero-order valence-electron chi connectivity index (χ0n) is 21.1. The molecule has 5 rings (SSSR count).